The second-order valence-corrected chi connectivity index (χ2v) is 6.06. The summed E-state index contributed by atoms with van der Waals surface area (Å²) in [5, 5.41) is 9.92. The first-order chi connectivity index (χ1) is 8.19. The van der Waals surface area contributed by atoms with Crippen molar-refractivity contribution in [3.05, 3.63) is 0 Å². The van der Waals surface area contributed by atoms with Crippen molar-refractivity contribution in [3.63, 3.8) is 0 Å². The van der Waals surface area contributed by atoms with E-state index < -0.39 is 24.0 Å². The molecule has 4 nitrogen and oxygen atoms in total. The predicted octanol–water partition coefficient (Wildman–Crippen LogP) is 2.35. The summed E-state index contributed by atoms with van der Waals surface area (Å²) in [6.07, 6.45) is -1.02. The Morgan fingerprint density at radius 2 is 2.17 bits per heavy atom. The third-order valence-corrected chi connectivity index (χ3v) is 3.00. The van der Waals surface area contributed by atoms with Crippen LogP contribution in [0.1, 0.15) is 40.5 Å². The van der Waals surface area contributed by atoms with Crippen LogP contribution in [0.15, 0.2) is 0 Å². The van der Waals surface area contributed by atoms with E-state index in [0.29, 0.717) is 19.4 Å². The zero-order valence-corrected chi connectivity index (χ0v) is 11.6. The van der Waals surface area contributed by atoms with Crippen LogP contribution in [0.25, 0.3) is 0 Å². The highest BCUT2D eigenvalue weighted by Gasteiger charge is 2.32. The van der Waals surface area contributed by atoms with Crippen LogP contribution in [0.5, 0.6) is 0 Å². The van der Waals surface area contributed by atoms with E-state index in [2.05, 4.69) is 0 Å². The molecule has 0 aromatic rings. The van der Waals surface area contributed by atoms with Crippen LogP contribution in [-0.4, -0.2) is 47.1 Å². The molecule has 1 aliphatic rings. The number of carbonyl (C=O) groups excluding carboxylic acids is 1. The molecule has 0 aromatic heterocycles. The lowest BCUT2D eigenvalue weighted by Gasteiger charge is -2.36. The quantitative estimate of drug-likeness (QED) is 0.830. The van der Waals surface area contributed by atoms with Crippen molar-refractivity contribution in [2.75, 3.05) is 13.1 Å². The van der Waals surface area contributed by atoms with E-state index in [1.165, 1.54) is 11.8 Å². The molecule has 5 heteroatoms. The molecule has 1 fully saturated rings. The molecule has 0 saturated carbocycles. The van der Waals surface area contributed by atoms with Gasteiger partial charge in [0.1, 0.15) is 5.60 Å². The van der Waals surface area contributed by atoms with Gasteiger partial charge in [0.15, 0.2) is 0 Å². The topological polar surface area (TPSA) is 49.8 Å². The van der Waals surface area contributed by atoms with Gasteiger partial charge in [-0.3, -0.25) is 0 Å². The summed E-state index contributed by atoms with van der Waals surface area (Å²) in [5.74, 6) is -0.0660. The predicted molar refractivity (Wildman–Crippen MR) is 67.1 cm³/mol. The number of aliphatic hydroxyl groups is 1. The van der Waals surface area contributed by atoms with Crippen LogP contribution >= 0.6 is 0 Å². The molecule has 106 valence electrons. The first kappa shape index (κ1) is 15.2. The Morgan fingerprint density at radius 3 is 2.61 bits per heavy atom. The van der Waals surface area contributed by atoms with E-state index in [-0.39, 0.29) is 12.5 Å². The number of nitrogens with zero attached hydrogens (tertiary/aromatic N) is 1. The Bertz CT molecular complexity index is 288. The molecular formula is C13H24FNO3. The molecule has 1 amide bonds. The van der Waals surface area contributed by atoms with Crippen molar-refractivity contribution in [2.24, 2.45) is 5.92 Å². The van der Waals surface area contributed by atoms with Crippen LogP contribution in [0.2, 0.25) is 0 Å². The first-order valence-corrected chi connectivity index (χ1v) is 6.49. The fourth-order valence-electron chi connectivity index (χ4n) is 2.16. The highest BCUT2D eigenvalue weighted by Crippen LogP contribution is 2.24. The zero-order valence-electron chi connectivity index (χ0n) is 11.6. The van der Waals surface area contributed by atoms with Crippen LogP contribution in [0.3, 0.4) is 0 Å². The molecule has 0 aromatic carbocycles. The smallest absolute Gasteiger partial charge is 0.410 e. The Hall–Kier alpha value is -0.840. The van der Waals surface area contributed by atoms with Gasteiger partial charge in [0.05, 0.1) is 18.8 Å². The normalized spacial score (nSPS) is 26.9. The van der Waals surface area contributed by atoms with Crippen LogP contribution < -0.4 is 0 Å². The molecular weight excluding hydrogens is 237 g/mol. The van der Waals surface area contributed by atoms with Crippen molar-refractivity contribution in [1.82, 2.24) is 4.90 Å². The Morgan fingerprint density at radius 1 is 1.56 bits per heavy atom. The number of hydrogen-bond donors (Lipinski definition) is 1. The Kier molecular flexibility index (Phi) is 4.96. The van der Waals surface area contributed by atoms with Crippen molar-refractivity contribution in [1.29, 1.82) is 0 Å². The van der Waals surface area contributed by atoms with Crippen molar-refractivity contribution in [3.8, 4) is 0 Å². The van der Waals surface area contributed by atoms with Gasteiger partial charge >= 0.3 is 6.09 Å². The molecule has 3 unspecified atom stereocenters. The van der Waals surface area contributed by atoms with Gasteiger partial charge in [-0.15, -0.1) is 0 Å². The summed E-state index contributed by atoms with van der Waals surface area (Å²) in [4.78, 5) is 13.3. The molecule has 1 rings (SSSR count). The number of carbonyl (C=O) groups is 1. The molecule has 18 heavy (non-hydrogen) atoms. The minimum atomic E-state index is -0.919. The van der Waals surface area contributed by atoms with Crippen LogP contribution in [-0.2, 0) is 4.74 Å². The number of aliphatic hydroxyl groups excluding tert-OH is 1. The number of ether oxygens (including phenoxy) is 1. The monoisotopic (exact) mass is 261 g/mol. The summed E-state index contributed by atoms with van der Waals surface area (Å²) < 4.78 is 18.2. The van der Waals surface area contributed by atoms with E-state index in [1.54, 1.807) is 20.8 Å². The van der Waals surface area contributed by atoms with Gasteiger partial charge in [-0.05, 0) is 46.5 Å². The molecule has 1 N–H and O–H groups in total. The van der Waals surface area contributed by atoms with E-state index in [4.69, 9.17) is 4.74 Å². The van der Waals surface area contributed by atoms with Gasteiger partial charge in [-0.1, -0.05) is 0 Å². The third-order valence-electron chi connectivity index (χ3n) is 3.00. The number of halogens is 1. The standard InChI is InChI=1S/C13H24FNO3/c1-9(14)7-10-5-6-15(8-11(10)16)12(17)18-13(2,3)4/h9-11,16H,5-8H2,1-4H3. The number of piperidine rings is 1. The summed E-state index contributed by atoms with van der Waals surface area (Å²) in [6, 6.07) is 0. The van der Waals surface area contributed by atoms with Crippen molar-refractivity contribution >= 4 is 6.09 Å². The first-order valence-electron chi connectivity index (χ1n) is 6.49. The Balaban J connectivity index is 2.48. The molecule has 1 saturated heterocycles. The number of likely N-dealkylation sites (tertiary alicyclic amines) is 1. The maximum absolute atomic E-state index is 12.9. The number of hydrogen-bond acceptors (Lipinski definition) is 3. The van der Waals surface area contributed by atoms with Gasteiger partial charge in [-0.25, -0.2) is 9.18 Å². The highest BCUT2D eigenvalue weighted by atomic mass is 19.1. The zero-order chi connectivity index (χ0) is 13.9. The van der Waals surface area contributed by atoms with E-state index in [0.717, 1.165) is 0 Å². The molecule has 3 atom stereocenters. The number of alkyl halides is 1. The highest BCUT2D eigenvalue weighted by molar-refractivity contribution is 5.68. The minimum absolute atomic E-state index is 0.0660. The summed E-state index contributed by atoms with van der Waals surface area (Å²) in [5.41, 5.74) is -0.535. The van der Waals surface area contributed by atoms with E-state index in [1.807, 2.05) is 0 Å². The lowest BCUT2D eigenvalue weighted by atomic mass is 9.89. The average molecular weight is 261 g/mol. The summed E-state index contributed by atoms with van der Waals surface area (Å²) in [6.45, 7) is 7.65. The molecule has 1 aliphatic heterocycles. The average Bonchev–Trinajstić information content (AvgIpc) is 2.17. The second-order valence-electron chi connectivity index (χ2n) is 6.06. The summed E-state index contributed by atoms with van der Waals surface area (Å²) in [7, 11) is 0. The molecule has 0 radical (unpaired) electrons. The lowest BCUT2D eigenvalue weighted by Crippen LogP contribution is -2.48. The SMILES string of the molecule is CC(F)CC1CCN(C(=O)OC(C)(C)C)CC1O. The van der Waals surface area contributed by atoms with Gasteiger partial charge in [0.25, 0.3) is 0 Å². The number of amides is 1. The van der Waals surface area contributed by atoms with Gasteiger partial charge in [0, 0.05) is 6.54 Å². The maximum Gasteiger partial charge on any atom is 0.410 e. The third kappa shape index (κ3) is 4.80. The molecule has 0 bridgehead atoms. The van der Waals surface area contributed by atoms with E-state index >= 15 is 0 Å². The van der Waals surface area contributed by atoms with E-state index in [9.17, 15) is 14.3 Å². The lowest BCUT2D eigenvalue weighted by molar-refractivity contribution is -0.0173. The molecule has 0 aliphatic carbocycles. The van der Waals surface area contributed by atoms with Crippen molar-refractivity contribution in [2.45, 2.75) is 58.4 Å². The summed E-state index contributed by atoms with van der Waals surface area (Å²) >= 11 is 0. The van der Waals surface area contributed by atoms with Gasteiger partial charge in [0.2, 0.25) is 0 Å². The second kappa shape index (κ2) is 5.87. The number of rotatable bonds is 2. The van der Waals surface area contributed by atoms with Gasteiger partial charge in [-0.2, -0.15) is 0 Å². The minimum Gasteiger partial charge on any atom is -0.444 e. The maximum atomic E-state index is 12.9. The number of β-amino-alcohol motifs (C(OH)–C–C–N with tert-alkyl or cyclic N) is 1. The molecule has 0 spiro atoms. The molecule has 1 heterocycles. The largest absolute Gasteiger partial charge is 0.444 e. The Labute approximate surface area is 108 Å². The van der Waals surface area contributed by atoms with Gasteiger partial charge < -0.3 is 14.7 Å². The van der Waals surface area contributed by atoms with Crippen LogP contribution in [0, 0.1) is 5.92 Å². The fourth-order valence-corrected chi connectivity index (χ4v) is 2.16. The fraction of sp³-hybridized carbons (Fsp3) is 0.923. The van der Waals surface area contributed by atoms with Crippen molar-refractivity contribution < 1.29 is 19.0 Å². The van der Waals surface area contributed by atoms with Crippen LogP contribution in [0.4, 0.5) is 9.18 Å².